The summed E-state index contributed by atoms with van der Waals surface area (Å²) in [5, 5.41) is -2.11. The van der Waals surface area contributed by atoms with E-state index in [2.05, 4.69) is 28.7 Å². The van der Waals surface area contributed by atoms with E-state index >= 15 is 0 Å². The molecule has 0 saturated heterocycles. The zero-order valence-electron chi connectivity index (χ0n) is 13.2. The van der Waals surface area contributed by atoms with E-state index in [1.807, 2.05) is 0 Å². The van der Waals surface area contributed by atoms with Gasteiger partial charge in [-0.25, -0.2) is 4.79 Å². The number of halogens is 5. The molecule has 1 amide bonds. The number of nitrogens with one attached hydrogen (secondary N) is 1. The van der Waals surface area contributed by atoms with Crippen LogP contribution in [0.3, 0.4) is 0 Å². The van der Waals surface area contributed by atoms with Crippen LogP contribution in [0.15, 0.2) is 12.2 Å². The third kappa shape index (κ3) is 7.38. The molecule has 6 nitrogen and oxygen atoms in total. The molecule has 12 heteroatoms. The van der Waals surface area contributed by atoms with E-state index in [0.717, 1.165) is 13.8 Å². The van der Waals surface area contributed by atoms with Gasteiger partial charge in [0.25, 0.3) is 5.25 Å². The molecule has 0 aromatic carbocycles. The highest BCUT2D eigenvalue weighted by atomic mass is 32.1. The van der Waals surface area contributed by atoms with Crippen molar-refractivity contribution >= 4 is 30.3 Å². The van der Waals surface area contributed by atoms with Gasteiger partial charge in [0.05, 0.1) is 13.2 Å². The summed E-state index contributed by atoms with van der Waals surface area (Å²) in [7, 11) is 0. The molecule has 1 atom stereocenters. The van der Waals surface area contributed by atoms with Crippen LogP contribution in [-0.2, 0) is 23.9 Å². The molecule has 25 heavy (non-hydrogen) atoms. The second kappa shape index (κ2) is 8.61. The highest BCUT2D eigenvalue weighted by molar-refractivity contribution is 7.81. The van der Waals surface area contributed by atoms with Crippen molar-refractivity contribution in [2.75, 3.05) is 13.2 Å². The maximum atomic E-state index is 13.4. The van der Waals surface area contributed by atoms with Gasteiger partial charge in [-0.1, -0.05) is 6.58 Å². The maximum absolute atomic E-state index is 13.4. The summed E-state index contributed by atoms with van der Waals surface area (Å²) in [6, 6.07) is 0. The quantitative estimate of drug-likeness (QED) is 0.206. The van der Waals surface area contributed by atoms with E-state index < -0.39 is 60.0 Å². The Morgan fingerprint density at radius 2 is 1.64 bits per heavy atom. The van der Waals surface area contributed by atoms with Crippen LogP contribution in [0.4, 0.5) is 22.0 Å². The fourth-order valence-corrected chi connectivity index (χ4v) is 1.36. The number of rotatable bonds is 9. The van der Waals surface area contributed by atoms with Crippen molar-refractivity contribution in [2.24, 2.45) is 0 Å². The summed E-state index contributed by atoms with van der Waals surface area (Å²) in [5.41, 5.74) is -0.504. The molecule has 1 N–H and O–H groups in total. The number of hydrogen-bond donors (Lipinski definition) is 2. The van der Waals surface area contributed by atoms with E-state index in [0.29, 0.717) is 0 Å². The van der Waals surface area contributed by atoms with Crippen LogP contribution in [0, 0.1) is 0 Å². The minimum atomic E-state index is -5.63. The van der Waals surface area contributed by atoms with Crippen molar-refractivity contribution < 1.29 is 45.8 Å². The molecule has 1 unspecified atom stereocenters. The molecule has 144 valence electrons. The van der Waals surface area contributed by atoms with Crippen LogP contribution < -0.4 is 5.32 Å². The Kier molecular flexibility index (Phi) is 8.02. The van der Waals surface area contributed by atoms with E-state index in [1.165, 1.54) is 0 Å². The van der Waals surface area contributed by atoms with Gasteiger partial charge < -0.3 is 14.8 Å². The number of amides is 1. The summed E-state index contributed by atoms with van der Waals surface area (Å²) < 4.78 is 73.9. The molecule has 0 aromatic rings. The van der Waals surface area contributed by atoms with Gasteiger partial charge >= 0.3 is 23.8 Å². The first kappa shape index (κ1) is 23.3. The second-order valence-corrected chi connectivity index (χ2v) is 5.59. The van der Waals surface area contributed by atoms with Gasteiger partial charge in [0, 0.05) is 12.0 Å². The number of thiol groups is 1. The van der Waals surface area contributed by atoms with Crippen LogP contribution >= 0.6 is 12.6 Å². The van der Waals surface area contributed by atoms with Crippen LogP contribution in [-0.4, -0.2) is 48.0 Å². The number of hydrogen-bond acceptors (Lipinski definition) is 6. The first-order valence-electron chi connectivity index (χ1n) is 6.60. The standard InChI is InChI=1S/C13H16F5NO5S/c1-7(2)9(21)24-12(13(16,17)18,10(22)19-6-8(3)20)23-5-4-11(14,15)25/h25H,1,4-6H2,2-3H3,(H,19,22). The topological polar surface area (TPSA) is 81.7 Å². The summed E-state index contributed by atoms with van der Waals surface area (Å²) >= 11 is 2.82. The lowest BCUT2D eigenvalue weighted by atomic mass is 10.2. The fourth-order valence-electron chi connectivity index (χ4n) is 1.27. The average Bonchev–Trinajstić information content (AvgIpc) is 2.40. The first-order chi connectivity index (χ1) is 11.1. The molecule has 0 bridgehead atoms. The summed E-state index contributed by atoms with van der Waals surface area (Å²) in [4.78, 5) is 34.2. The van der Waals surface area contributed by atoms with Crippen molar-refractivity contribution in [2.45, 2.75) is 37.5 Å². The molecule has 0 rings (SSSR count). The highest BCUT2D eigenvalue weighted by Crippen LogP contribution is 2.37. The Morgan fingerprint density at radius 1 is 1.12 bits per heavy atom. The zero-order valence-corrected chi connectivity index (χ0v) is 14.1. The van der Waals surface area contributed by atoms with E-state index in [4.69, 9.17) is 0 Å². The van der Waals surface area contributed by atoms with Gasteiger partial charge in [-0.05, 0) is 13.8 Å². The van der Waals surface area contributed by atoms with Crippen molar-refractivity contribution in [1.29, 1.82) is 0 Å². The van der Waals surface area contributed by atoms with Crippen molar-refractivity contribution in [3.63, 3.8) is 0 Å². The monoisotopic (exact) mass is 393 g/mol. The SMILES string of the molecule is C=C(C)C(=O)OC(OCCC(F)(F)S)(C(=O)NCC(C)=O)C(F)(F)F. The van der Waals surface area contributed by atoms with Crippen molar-refractivity contribution in [1.82, 2.24) is 5.32 Å². The van der Waals surface area contributed by atoms with E-state index in [-0.39, 0.29) is 0 Å². The fraction of sp³-hybridized carbons (Fsp3) is 0.615. The molecular weight excluding hydrogens is 377 g/mol. The summed E-state index contributed by atoms with van der Waals surface area (Å²) in [6.07, 6.45) is -6.94. The minimum absolute atomic E-state index is 0.504. The Hall–Kier alpha value is -1.69. The number of esters is 1. The smallest absolute Gasteiger partial charge is 0.412 e. The molecule has 0 aliphatic rings. The second-order valence-electron chi connectivity index (χ2n) is 4.93. The van der Waals surface area contributed by atoms with Gasteiger partial charge in [-0.2, -0.15) is 22.0 Å². The Bertz CT molecular complexity index is 546. The molecule has 0 aliphatic heterocycles. The Balaban J connectivity index is 5.72. The predicted molar refractivity (Wildman–Crippen MR) is 77.9 cm³/mol. The van der Waals surface area contributed by atoms with E-state index in [1.54, 1.807) is 5.32 Å². The maximum Gasteiger partial charge on any atom is 0.466 e. The average molecular weight is 393 g/mol. The normalized spacial score (nSPS) is 14.4. The molecule has 0 aliphatic carbocycles. The number of carbonyl (C=O) groups is 3. The number of ketones is 1. The summed E-state index contributed by atoms with van der Waals surface area (Å²) in [5.74, 6) is -8.63. The molecule has 0 radical (unpaired) electrons. The lowest BCUT2D eigenvalue weighted by Crippen LogP contribution is -2.62. The lowest BCUT2D eigenvalue weighted by molar-refractivity contribution is -0.348. The summed E-state index contributed by atoms with van der Waals surface area (Å²) in [6.45, 7) is 2.88. The Labute approximate surface area is 145 Å². The number of Topliss-reactive ketones (excluding diaryl/α,β-unsaturated/α-hetero) is 1. The Morgan fingerprint density at radius 3 is 2.00 bits per heavy atom. The third-order valence-corrected chi connectivity index (χ3v) is 2.69. The number of alkyl halides is 5. The van der Waals surface area contributed by atoms with Gasteiger partial charge in [-0.3, -0.25) is 9.59 Å². The molecule has 0 fully saturated rings. The first-order valence-corrected chi connectivity index (χ1v) is 7.04. The van der Waals surface area contributed by atoms with Crippen LogP contribution in [0.5, 0.6) is 0 Å². The predicted octanol–water partition coefficient (Wildman–Crippen LogP) is 2.00. The van der Waals surface area contributed by atoms with E-state index in [9.17, 15) is 36.3 Å². The van der Waals surface area contributed by atoms with Crippen LogP contribution in [0.25, 0.3) is 0 Å². The van der Waals surface area contributed by atoms with Crippen molar-refractivity contribution in [3.05, 3.63) is 12.2 Å². The van der Waals surface area contributed by atoms with Crippen LogP contribution in [0.2, 0.25) is 0 Å². The van der Waals surface area contributed by atoms with Gasteiger partial charge in [0.15, 0.2) is 0 Å². The van der Waals surface area contributed by atoms with Gasteiger partial charge in [0.1, 0.15) is 5.78 Å². The minimum Gasteiger partial charge on any atom is -0.412 e. The molecule has 0 heterocycles. The van der Waals surface area contributed by atoms with Gasteiger partial charge in [-0.15, -0.1) is 12.6 Å². The third-order valence-electron chi connectivity index (χ3n) is 2.46. The molecule has 0 saturated carbocycles. The molecular formula is C13H16F5NO5S. The number of carbonyl (C=O) groups excluding carboxylic acids is 3. The zero-order chi connectivity index (χ0) is 20.1. The van der Waals surface area contributed by atoms with Crippen molar-refractivity contribution in [3.8, 4) is 0 Å². The largest absolute Gasteiger partial charge is 0.466 e. The van der Waals surface area contributed by atoms with Gasteiger partial charge in [0.2, 0.25) is 0 Å². The molecule has 0 aromatic heterocycles. The highest BCUT2D eigenvalue weighted by Gasteiger charge is 2.66. The van der Waals surface area contributed by atoms with Crippen LogP contribution in [0.1, 0.15) is 20.3 Å². The number of ether oxygens (including phenoxy) is 2. The molecule has 0 spiro atoms. The lowest BCUT2D eigenvalue weighted by Gasteiger charge is -2.33.